The van der Waals surface area contributed by atoms with Crippen LogP contribution in [0.5, 0.6) is 11.5 Å². The molecular weight excluding hydrogens is 506 g/mol. The van der Waals surface area contributed by atoms with Gasteiger partial charge in [0.05, 0.1) is 0 Å². The maximum atomic E-state index is 13.9. The number of carbonyl (C=O) groups is 2. The molecule has 3 aromatic rings. The minimum Gasteiger partial charge on any atom is -0.454 e. The summed E-state index contributed by atoms with van der Waals surface area (Å²) >= 11 is 6.13. The van der Waals surface area contributed by atoms with Crippen molar-refractivity contribution >= 4 is 29.2 Å². The minimum atomic E-state index is -0.245. The lowest BCUT2D eigenvalue weighted by Crippen LogP contribution is -2.49. The van der Waals surface area contributed by atoms with Crippen molar-refractivity contribution in [1.29, 1.82) is 0 Å². The van der Waals surface area contributed by atoms with E-state index in [-0.39, 0.29) is 18.6 Å². The number of halogens is 1. The van der Waals surface area contributed by atoms with Crippen LogP contribution in [0.4, 0.5) is 5.82 Å². The van der Waals surface area contributed by atoms with Gasteiger partial charge in [-0.1, -0.05) is 23.7 Å². The number of aryl methyl sites for hydroxylation is 1. The summed E-state index contributed by atoms with van der Waals surface area (Å²) in [7, 11) is 1.68. The molecule has 10 heteroatoms. The first-order valence-corrected chi connectivity index (χ1v) is 13.4. The molecule has 0 N–H and O–H groups in total. The Morgan fingerprint density at radius 1 is 1.00 bits per heavy atom. The standard InChI is InChI=1S/C28H30ClN5O4/c1-31(27(35)20-5-4-6-21(29)16-20)26-25(34-10-3-2-7-24(34)30-26)28(36)33-13-11-32(12-14-33)17-19-8-9-22-23(15-19)38-18-37-22/h4-6,8-9,15-16H,2-3,7,10-14,17-18H2,1H3. The number of carbonyl (C=O) groups excluding carboxylic acids is 2. The average Bonchev–Trinajstić information content (AvgIpc) is 3.57. The average molecular weight is 536 g/mol. The van der Waals surface area contributed by atoms with E-state index in [0.29, 0.717) is 35.2 Å². The Labute approximate surface area is 226 Å². The Hall–Kier alpha value is -3.56. The van der Waals surface area contributed by atoms with Crippen molar-refractivity contribution in [1.82, 2.24) is 19.4 Å². The number of hydrogen-bond donors (Lipinski definition) is 0. The second-order valence-corrected chi connectivity index (χ2v) is 10.4. The summed E-state index contributed by atoms with van der Waals surface area (Å²) in [5.41, 5.74) is 2.12. The number of nitrogens with zero attached hydrogens (tertiary/aromatic N) is 5. The number of ether oxygens (including phenoxy) is 2. The first-order valence-electron chi connectivity index (χ1n) is 13.0. The van der Waals surface area contributed by atoms with Crippen LogP contribution < -0.4 is 14.4 Å². The summed E-state index contributed by atoms with van der Waals surface area (Å²) in [5.74, 6) is 2.52. The third-order valence-corrected chi connectivity index (χ3v) is 7.69. The summed E-state index contributed by atoms with van der Waals surface area (Å²) in [4.78, 5) is 37.7. The highest BCUT2D eigenvalue weighted by molar-refractivity contribution is 6.31. The Kier molecular flexibility index (Phi) is 6.71. The second kappa shape index (κ2) is 10.3. The van der Waals surface area contributed by atoms with Crippen LogP contribution in [0.25, 0.3) is 0 Å². The Balaban J connectivity index is 1.19. The number of hydrogen-bond acceptors (Lipinski definition) is 6. The molecule has 9 nitrogen and oxygen atoms in total. The van der Waals surface area contributed by atoms with Gasteiger partial charge in [0.1, 0.15) is 5.82 Å². The highest BCUT2D eigenvalue weighted by atomic mass is 35.5. The largest absolute Gasteiger partial charge is 0.454 e. The van der Waals surface area contributed by atoms with E-state index < -0.39 is 0 Å². The van der Waals surface area contributed by atoms with Crippen LogP contribution in [0.3, 0.4) is 0 Å². The third-order valence-electron chi connectivity index (χ3n) is 7.46. The number of rotatable bonds is 5. The lowest BCUT2D eigenvalue weighted by Gasteiger charge is -2.35. The van der Waals surface area contributed by atoms with Crippen LogP contribution in [0.1, 0.15) is 45.1 Å². The summed E-state index contributed by atoms with van der Waals surface area (Å²) in [5, 5.41) is 0.489. The highest BCUT2D eigenvalue weighted by Crippen LogP contribution is 2.33. The first kappa shape index (κ1) is 24.8. The van der Waals surface area contributed by atoms with Crippen molar-refractivity contribution in [2.45, 2.75) is 32.4 Å². The monoisotopic (exact) mass is 535 g/mol. The normalized spacial score (nSPS) is 16.8. The molecule has 0 saturated carbocycles. The van der Waals surface area contributed by atoms with Crippen LogP contribution in [-0.2, 0) is 19.5 Å². The van der Waals surface area contributed by atoms with E-state index >= 15 is 0 Å². The maximum Gasteiger partial charge on any atom is 0.274 e. The van der Waals surface area contributed by atoms with Gasteiger partial charge in [0.25, 0.3) is 11.8 Å². The molecule has 1 fully saturated rings. The number of piperazine rings is 1. The van der Waals surface area contributed by atoms with Gasteiger partial charge >= 0.3 is 0 Å². The fourth-order valence-electron chi connectivity index (χ4n) is 5.38. The zero-order valence-corrected chi connectivity index (χ0v) is 22.1. The van der Waals surface area contributed by atoms with E-state index in [1.807, 2.05) is 21.6 Å². The van der Waals surface area contributed by atoms with Gasteiger partial charge in [-0.3, -0.25) is 19.4 Å². The van der Waals surface area contributed by atoms with Gasteiger partial charge in [0.15, 0.2) is 23.0 Å². The molecule has 198 valence electrons. The van der Waals surface area contributed by atoms with Crippen molar-refractivity contribution in [3.05, 3.63) is 70.1 Å². The number of anilines is 1. The van der Waals surface area contributed by atoms with Crippen molar-refractivity contribution in [2.75, 3.05) is 44.9 Å². The Morgan fingerprint density at radius 3 is 2.63 bits per heavy atom. The summed E-state index contributed by atoms with van der Waals surface area (Å²) in [6.07, 6.45) is 2.80. The van der Waals surface area contributed by atoms with Gasteiger partial charge in [0, 0.05) is 63.3 Å². The molecule has 0 unspecified atom stereocenters. The van der Waals surface area contributed by atoms with E-state index in [0.717, 1.165) is 68.3 Å². The van der Waals surface area contributed by atoms with Crippen LogP contribution in [0, 0.1) is 0 Å². The Bertz CT molecular complexity index is 1380. The molecule has 0 bridgehead atoms. The molecule has 6 rings (SSSR count). The van der Waals surface area contributed by atoms with Crippen LogP contribution >= 0.6 is 11.6 Å². The first-order chi connectivity index (χ1) is 18.5. The SMILES string of the molecule is CN(C(=O)c1cccc(Cl)c1)c1nc2n(c1C(=O)N1CCN(Cc3ccc4c(c3)OCO4)CC1)CCCC2. The molecule has 0 spiro atoms. The fourth-order valence-corrected chi connectivity index (χ4v) is 5.57. The molecule has 0 atom stereocenters. The molecule has 38 heavy (non-hydrogen) atoms. The lowest BCUT2D eigenvalue weighted by molar-refractivity contribution is 0.0617. The quantitative estimate of drug-likeness (QED) is 0.494. The van der Waals surface area contributed by atoms with Crippen molar-refractivity contribution in [2.24, 2.45) is 0 Å². The Morgan fingerprint density at radius 2 is 1.82 bits per heavy atom. The predicted molar refractivity (Wildman–Crippen MR) is 143 cm³/mol. The molecule has 4 heterocycles. The van der Waals surface area contributed by atoms with Crippen molar-refractivity contribution < 1.29 is 19.1 Å². The lowest BCUT2D eigenvalue weighted by atomic mass is 10.1. The molecule has 0 radical (unpaired) electrons. The number of benzene rings is 2. The van der Waals surface area contributed by atoms with Gasteiger partial charge in [-0.05, 0) is 48.7 Å². The number of amides is 2. The van der Waals surface area contributed by atoms with Gasteiger partial charge < -0.3 is 18.9 Å². The minimum absolute atomic E-state index is 0.0749. The molecule has 3 aliphatic heterocycles. The van der Waals surface area contributed by atoms with Crippen molar-refractivity contribution in [3.8, 4) is 11.5 Å². The molecular formula is C28H30ClN5O4. The molecule has 2 aromatic carbocycles. The maximum absolute atomic E-state index is 13.9. The van der Waals surface area contributed by atoms with Crippen LogP contribution in [0.15, 0.2) is 42.5 Å². The van der Waals surface area contributed by atoms with Crippen molar-refractivity contribution in [3.63, 3.8) is 0 Å². The smallest absolute Gasteiger partial charge is 0.274 e. The number of aromatic nitrogens is 2. The third kappa shape index (κ3) is 4.72. The zero-order valence-electron chi connectivity index (χ0n) is 21.4. The van der Waals surface area contributed by atoms with E-state index in [1.54, 1.807) is 31.3 Å². The van der Waals surface area contributed by atoms with E-state index in [2.05, 4.69) is 11.0 Å². The van der Waals surface area contributed by atoms with Crippen LogP contribution in [-0.4, -0.2) is 71.2 Å². The van der Waals surface area contributed by atoms with Gasteiger partial charge in [-0.15, -0.1) is 0 Å². The zero-order chi connectivity index (χ0) is 26.2. The van der Waals surface area contributed by atoms with E-state index in [9.17, 15) is 9.59 Å². The number of fused-ring (bicyclic) bond motifs is 2. The fraction of sp³-hybridized carbons (Fsp3) is 0.393. The van der Waals surface area contributed by atoms with E-state index in [4.69, 9.17) is 26.1 Å². The van der Waals surface area contributed by atoms with Crippen LogP contribution in [0.2, 0.25) is 5.02 Å². The molecule has 1 saturated heterocycles. The summed E-state index contributed by atoms with van der Waals surface area (Å²) in [6, 6.07) is 12.9. The number of imidazole rings is 1. The molecule has 3 aliphatic rings. The second-order valence-electron chi connectivity index (χ2n) is 9.94. The van der Waals surface area contributed by atoms with Gasteiger partial charge in [-0.2, -0.15) is 0 Å². The summed E-state index contributed by atoms with van der Waals surface area (Å²) in [6.45, 7) is 4.50. The van der Waals surface area contributed by atoms with E-state index in [1.165, 1.54) is 4.90 Å². The van der Waals surface area contributed by atoms with Gasteiger partial charge in [0.2, 0.25) is 6.79 Å². The highest BCUT2D eigenvalue weighted by Gasteiger charge is 2.33. The molecule has 0 aliphatic carbocycles. The topological polar surface area (TPSA) is 80.1 Å². The summed E-state index contributed by atoms with van der Waals surface area (Å²) < 4.78 is 12.9. The van der Waals surface area contributed by atoms with Gasteiger partial charge in [-0.25, -0.2) is 4.98 Å². The molecule has 2 amide bonds. The predicted octanol–water partition coefficient (Wildman–Crippen LogP) is 3.84. The molecule has 1 aromatic heterocycles.